The summed E-state index contributed by atoms with van der Waals surface area (Å²) in [4.78, 5) is 25.4. The number of nitrogens with one attached hydrogen (secondary N) is 1. The van der Waals surface area contributed by atoms with Gasteiger partial charge in [-0.25, -0.2) is 4.79 Å². The molecule has 4 nitrogen and oxygen atoms in total. The van der Waals surface area contributed by atoms with Crippen LogP contribution in [0.25, 0.3) is 0 Å². The molecule has 2 aromatic rings. The highest BCUT2D eigenvalue weighted by Gasteiger charge is 2.11. The quantitative estimate of drug-likeness (QED) is 0.861. The van der Waals surface area contributed by atoms with Crippen molar-refractivity contribution >= 4 is 5.97 Å². The smallest absolute Gasteiger partial charge is 0.341 e. The van der Waals surface area contributed by atoms with E-state index in [0.29, 0.717) is 18.4 Å². The molecule has 0 unspecified atom stereocenters. The van der Waals surface area contributed by atoms with Crippen LogP contribution in [0.5, 0.6) is 0 Å². The Balaban J connectivity index is 2.18. The molecular formula is C14H13NO3. The molecule has 0 bridgehead atoms. The second kappa shape index (κ2) is 5.31. The maximum absolute atomic E-state index is 11.8. The van der Waals surface area contributed by atoms with E-state index < -0.39 is 11.4 Å². The van der Waals surface area contributed by atoms with E-state index in [1.54, 1.807) is 6.20 Å². The first kappa shape index (κ1) is 12.1. The van der Waals surface area contributed by atoms with Crippen molar-refractivity contribution in [2.24, 2.45) is 0 Å². The number of H-pyrrole nitrogens is 1. The van der Waals surface area contributed by atoms with E-state index in [2.05, 4.69) is 4.98 Å². The summed E-state index contributed by atoms with van der Waals surface area (Å²) in [6.45, 7) is 0. The summed E-state index contributed by atoms with van der Waals surface area (Å²) in [6, 6.07) is 9.77. The lowest BCUT2D eigenvalue weighted by Crippen LogP contribution is -2.19. The van der Waals surface area contributed by atoms with E-state index in [-0.39, 0.29) is 5.56 Å². The highest BCUT2D eigenvalue weighted by Crippen LogP contribution is 2.04. The number of rotatable bonds is 4. The van der Waals surface area contributed by atoms with Crippen LogP contribution in [0.15, 0.2) is 47.5 Å². The first-order valence-corrected chi connectivity index (χ1v) is 5.65. The van der Waals surface area contributed by atoms with E-state index in [9.17, 15) is 9.59 Å². The van der Waals surface area contributed by atoms with Gasteiger partial charge >= 0.3 is 5.97 Å². The molecule has 1 aromatic heterocycles. The molecule has 4 heteroatoms. The lowest BCUT2D eigenvalue weighted by Gasteiger charge is -2.02. The van der Waals surface area contributed by atoms with E-state index in [4.69, 9.17) is 5.11 Å². The van der Waals surface area contributed by atoms with Gasteiger partial charge in [0.2, 0.25) is 0 Å². The van der Waals surface area contributed by atoms with Crippen LogP contribution in [0.2, 0.25) is 0 Å². The molecule has 2 N–H and O–H groups in total. The van der Waals surface area contributed by atoms with E-state index in [1.165, 1.54) is 6.20 Å². The van der Waals surface area contributed by atoms with Gasteiger partial charge < -0.3 is 10.1 Å². The molecule has 0 saturated carbocycles. The van der Waals surface area contributed by atoms with Gasteiger partial charge in [-0.15, -0.1) is 0 Å². The summed E-state index contributed by atoms with van der Waals surface area (Å²) in [5.41, 5.74) is 1.01. The molecule has 0 aliphatic rings. The van der Waals surface area contributed by atoms with Gasteiger partial charge in [0, 0.05) is 18.0 Å². The average Bonchev–Trinajstić information content (AvgIpc) is 2.38. The highest BCUT2D eigenvalue weighted by atomic mass is 16.4. The second-order valence-electron chi connectivity index (χ2n) is 4.01. The van der Waals surface area contributed by atoms with E-state index in [0.717, 1.165) is 5.56 Å². The van der Waals surface area contributed by atoms with Crippen LogP contribution >= 0.6 is 0 Å². The summed E-state index contributed by atoms with van der Waals surface area (Å²) >= 11 is 0. The molecule has 1 aromatic carbocycles. The van der Waals surface area contributed by atoms with Crippen molar-refractivity contribution in [1.82, 2.24) is 4.98 Å². The third kappa shape index (κ3) is 2.66. The van der Waals surface area contributed by atoms with Gasteiger partial charge in [-0.1, -0.05) is 30.3 Å². The predicted octanol–water partition coefficient (Wildman–Crippen LogP) is 1.86. The Kier molecular flexibility index (Phi) is 3.57. The summed E-state index contributed by atoms with van der Waals surface area (Å²) in [5, 5.41) is 8.86. The lowest BCUT2D eigenvalue weighted by molar-refractivity contribution is 0.0695. The fourth-order valence-corrected chi connectivity index (χ4v) is 1.80. The van der Waals surface area contributed by atoms with Crippen LogP contribution in [-0.2, 0) is 12.8 Å². The lowest BCUT2D eigenvalue weighted by atomic mass is 10.0. The summed E-state index contributed by atoms with van der Waals surface area (Å²) in [6.07, 6.45) is 4.03. The Labute approximate surface area is 104 Å². The van der Waals surface area contributed by atoms with Crippen molar-refractivity contribution in [2.45, 2.75) is 12.8 Å². The fraction of sp³-hybridized carbons (Fsp3) is 0.143. The maximum atomic E-state index is 11.8. The van der Waals surface area contributed by atoms with Crippen molar-refractivity contribution in [2.75, 3.05) is 0 Å². The second-order valence-corrected chi connectivity index (χ2v) is 4.01. The van der Waals surface area contributed by atoms with Gasteiger partial charge in [-0.3, -0.25) is 4.79 Å². The number of carbonyl (C=O) groups is 1. The molecule has 0 radical (unpaired) electrons. The summed E-state index contributed by atoms with van der Waals surface area (Å²) < 4.78 is 0. The monoisotopic (exact) mass is 243 g/mol. The predicted molar refractivity (Wildman–Crippen MR) is 67.9 cm³/mol. The standard InChI is InChI=1S/C14H13NO3/c16-13-11(8-15-9-12(13)14(17)18)7-6-10-4-2-1-3-5-10/h1-5,8-9H,6-7H2,(H,15,16)(H,17,18). The highest BCUT2D eigenvalue weighted by molar-refractivity contribution is 5.87. The van der Waals surface area contributed by atoms with Gasteiger partial charge in [0.05, 0.1) is 0 Å². The molecule has 2 rings (SSSR count). The van der Waals surface area contributed by atoms with Crippen LogP contribution in [0, 0.1) is 0 Å². The number of aromatic carboxylic acids is 1. The zero-order chi connectivity index (χ0) is 13.0. The fourth-order valence-electron chi connectivity index (χ4n) is 1.80. The molecule has 92 valence electrons. The van der Waals surface area contributed by atoms with Crippen molar-refractivity contribution in [3.05, 3.63) is 69.6 Å². The third-order valence-corrected chi connectivity index (χ3v) is 2.78. The van der Waals surface area contributed by atoms with Crippen LogP contribution in [-0.4, -0.2) is 16.1 Å². The Bertz CT molecular complexity index is 602. The molecule has 0 saturated heterocycles. The molecule has 0 aliphatic heterocycles. The minimum Gasteiger partial charge on any atom is -0.477 e. The zero-order valence-corrected chi connectivity index (χ0v) is 9.72. The maximum Gasteiger partial charge on any atom is 0.341 e. The van der Waals surface area contributed by atoms with Crippen LogP contribution in [0.4, 0.5) is 0 Å². The normalized spacial score (nSPS) is 10.2. The van der Waals surface area contributed by atoms with Crippen molar-refractivity contribution < 1.29 is 9.90 Å². The minimum atomic E-state index is -1.20. The zero-order valence-electron chi connectivity index (χ0n) is 9.72. The molecule has 18 heavy (non-hydrogen) atoms. The van der Waals surface area contributed by atoms with Crippen LogP contribution in [0.3, 0.4) is 0 Å². The number of hydrogen-bond donors (Lipinski definition) is 2. The Morgan fingerprint density at radius 3 is 2.50 bits per heavy atom. The molecule has 0 aliphatic carbocycles. The first-order chi connectivity index (χ1) is 8.68. The molecule has 1 heterocycles. The molecule has 0 amide bonds. The number of benzene rings is 1. The number of hydrogen-bond acceptors (Lipinski definition) is 2. The Morgan fingerprint density at radius 2 is 1.83 bits per heavy atom. The number of carboxylic acid groups (broad SMARTS) is 1. The molecule has 0 spiro atoms. The largest absolute Gasteiger partial charge is 0.477 e. The van der Waals surface area contributed by atoms with Crippen molar-refractivity contribution in [1.29, 1.82) is 0 Å². The molecule has 0 atom stereocenters. The number of pyridine rings is 1. The molecule has 0 fully saturated rings. The van der Waals surface area contributed by atoms with Gasteiger partial charge in [0.25, 0.3) is 0 Å². The summed E-state index contributed by atoms with van der Waals surface area (Å²) in [5.74, 6) is -1.20. The van der Waals surface area contributed by atoms with Gasteiger partial charge in [0.15, 0.2) is 5.43 Å². The average molecular weight is 243 g/mol. The van der Waals surface area contributed by atoms with Gasteiger partial charge in [-0.2, -0.15) is 0 Å². The Hall–Kier alpha value is -2.36. The minimum absolute atomic E-state index is 0.208. The Morgan fingerprint density at radius 1 is 1.11 bits per heavy atom. The number of carboxylic acids is 1. The van der Waals surface area contributed by atoms with Crippen molar-refractivity contribution in [3.8, 4) is 0 Å². The number of aromatic amines is 1. The van der Waals surface area contributed by atoms with Crippen LogP contribution < -0.4 is 5.43 Å². The topological polar surface area (TPSA) is 70.2 Å². The summed E-state index contributed by atoms with van der Waals surface area (Å²) in [7, 11) is 0. The number of aromatic nitrogens is 1. The SMILES string of the molecule is O=C(O)c1c[nH]cc(CCc2ccccc2)c1=O. The van der Waals surface area contributed by atoms with Crippen LogP contribution in [0.1, 0.15) is 21.5 Å². The van der Waals surface area contributed by atoms with Crippen molar-refractivity contribution in [3.63, 3.8) is 0 Å². The van der Waals surface area contributed by atoms with Gasteiger partial charge in [0.1, 0.15) is 5.56 Å². The first-order valence-electron chi connectivity index (χ1n) is 5.65. The van der Waals surface area contributed by atoms with Gasteiger partial charge in [-0.05, 0) is 18.4 Å². The number of aryl methyl sites for hydroxylation is 2. The van der Waals surface area contributed by atoms with E-state index in [1.807, 2.05) is 30.3 Å². The third-order valence-electron chi connectivity index (χ3n) is 2.78. The van der Waals surface area contributed by atoms with E-state index >= 15 is 0 Å². The molecular weight excluding hydrogens is 230 g/mol.